The van der Waals surface area contributed by atoms with Crippen LogP contribution in [0.4, 0.5) is 4.39 Å². The predicted octanol–water partition coefficient (Wildman–Crippen LogP) is 0.161. The first-order valence-corrected chi connectivity index (χ1v) is 3.06. The summed E-state index contributed by atoms with van der Waals surface area (Å²) < 4.78 is 21.2. The van der Waals surface area contributed by atoms with Crippen molar-refractivity contribution in [2.75, 3.05) is 0 Å². The number of alkyl halides is 1. The molecule has 0 aliphatic carbocycles. The molecule has 2 unspecified atom stereocenters. The van der Waals surface area contributed by atoms with Gasteiger partial charge in [0.2, 0.25) is 0 Å². The summed E-state index contributed by atoms with van der Waals surface area (Å²) in [5.74, 6) is -4.65. The van der Waals surface area contributed by atoms with Crippen molar-refractivity contribution >= 4 is 11.9 Å². The highest BCUT2D eigenvalue weighted by Gasteiger charge is 2.46. The molecule has 0 radical (unpaired) electrons. The van der Waals surface area contributed by atoms with Gasteiger partial charge in [-0.3, -0.25) is 0 Å². The average Bonchev–Trinajstić information content (AvgIpc) is 1.83. The van der Waals surface area contributed by atoms with Gasteiger partial charge in [0, 0.05) is 6.92 Å². The van der Waals surface area contributed by atoms with E-state index >= 15 is 0 Å². The Morgan fingerprint density at radius 1 is 1.55 bits per heavy atom. The zero-order chi connectivity index (χ0) is 8.65. The molecule has 2 atom stereocenters. The average molecular weight is 162 g/mol. The van der Waals surface area contributed by atoms with Gasteiger partial charge in [-0.1, -0.05) is 0 Å². The molecule has 11 heavy (non-hydrogen) atoms. The van der Waals surface area contributed by atoms with Crippen molar-refractivity contribution in [1.82, 2.24) is 0 Å². The van der Waals surface area contributed by atoms with E-state index in [2.05, 4.69) is 9.47 Å². The summed E-state index contributed by atoms with van der Waals surface area (Å²) >= 11 is 0. The molecule has 1 aliphatic heterocycles. The largest absolute Gasteiger partial charge is 0.446 e. The lowest BCUT2D eigenvalue weighted by Gasteiger charge is -2.27. The summed E-state index contributed by atoms with van der Waals surface area (Å²) in [6.07, 6.45) is -1.01. The van der Waals surface area contributed by atoms with Gasteiger partial charge in [-0.2, -0.15) is 4.39 Å². The number of hydrogen-bond donors (Lipinski definition) is 0. The molecule has 0 aromatic carbocycles. The fraction of sp³-hybridized carbons (Fsp3) is 0.667. The van der Waals surface area contributed by atoms with Crippen LogP contribution in [0.25, 0.3) is 0 Å². The monoisotopic (exact) mass is 162 g/mol. The highest BCUT2D eigenvalue weighted by atomic mass is 19.2. The van der Waals surface area contributed by atoms with E-state index in [9.17, 15) is 14.0 Å². The lowest BCUT2D eigenvalue weighted by molar-refractivity contribution is -0.228. The van der Waals surface area contributed by atoms with Gasteiger partial charge in [0.15, 0.2) is 6.10 Å². The van der Waals surface area contributed by atoms with Crippen LogP contribution in [0.5, 0.6) is 0 Å². The number of carbonyl (C=O) groups excluding carboxylic acids is 2. The molecule has 0 spiro atoms. The number of halogens is 1. The Morgan fingerprint density at radius 3 is 2.55 bits per heavy atom. The summed E-state index contributed by atoms with van der Waals surface area (Å²) in [4.78, 5) is 21.2. The maximum atomic E-state index is 12.8. The molecule has 1 saturated heterocycles. The Hall–Kier alpha value is -1.13. The van der Waals surface area contributed by atoms with Crippen LogP contribution in [0.1, 0.15) is 13.8 Å². The number of rotatable bonds is 0. The second kappa shape index (κ2) is 2.18. The summed E-state index contributed by atoms with van der Waals surface area (Å²) in [6, 6.07) is 0. The van der Waals surface area contributed by atoms with Crippen molar-refractivity contribution in [2.45, 2.75) is 25.8 Å². The van der Waals surface area contributed by atoms with Crippen LogP contribution >= 0.6 is 0 Å². The van der Waals surface area contributed by atoms with Crippen LogP contribution in [-0.2, 0) is 19.1 Å². The van der Waals surface area contributed by atoms with Crippen molar-refractivity contribution in [3.05, 3.63) is 0 Å². The summed E-state index contributed by atoms with van der Waals surface area (Å²) in [5.41, 5.74) is 0. The zero-order valence-electron chi connectivity index (χ0n) is 6.09. The van der Waals surface area contributed by atoms with E-state index in [1.165, 1.54) is 6.92 Å². The minimum Gasteiger partial charge on any atom is -0.446 e. The molecule has 5 heteroatoms. The summed E-state index contributed by atoms with van der Waals surface area (Å²) in [7, 11) is 0. The normalized spacial score (nSPS) is 37.9. The first-order chi connectivity index (χ1) is 4.93. The number of esters is 2. The molecular formula is C6H7FO4. The number of carbonyl (C=O) groups is 2. The fourth-order valence-electron chi connectivity index (χ4n) is 0.627. The third-order valence-corrected chi connectivity index (χ3v) is 1.27. The second-order valence-corrected chi connectivity index (χ2v) is 2.39. The lowest BCUT2D eigenvalue weighted by atomic mass is 10.3. The Morgan fingerprint density at radius 2 is 2.09 bits per heavy atom. The fourth-order valence-corrected chi connectivity index (χ4v) is 0.627. The van der Waals surface area contributed by atoms with E-state index in [0.717, 1.165) is 6.92 Å². The first-order valence-electron chi connectivity index (χ1n) is 3.06. The molecule has 1 aliphatic rings. The third kappa shape index (κ3) is 1.31. The Bertz CT molecular complexity index is 211. The van der Waals surface area contributed by atoms with Gasteiger partial charge in [0.1, 0.15) is 0 Å². The van der Waals surface area contributed by atoms with E-state index in [4.69, 9.17) is 0 Å². The molecule has 0 saturated carbocycles. The lowest BCUT2D eigenvalue weighted by Crippen LogP contribution is -2.48. The maximum Gasteiger partial charge on any atom is 0.385 e. The smallest absolute Gasteiger partial charge is 0.385 e. The van der Waals surface area contributed by atoms with E-state index < -0.39 is 23.9 Å². The molecule has 0 aromatic heterocycles. The molecular weight excluding hydrogens is 155 g/mol. The SMILES string of the molecule is CC1OC(=O)C(C)(F)OC1=O. The van der Waals surface area contributed by atoms with Gasteiger partial charge >= 0.3 is 17.8 Å². The Balaban J connectivity index is 2.79. The van der Waals surface area contributed by atoms with Crippen molar-refractivity contribution < 1.29 is 23.5 Å². The number of cyclic esters (lactones) is 2. The van der Waals surface area contributed by atoms with E-state index in [1.54, 1.807) is 0 Å². The highest BCUT2D eigenvalue weighted by molar-refractivity contribution is 5.88. The summed E-state index contributed by atoms with van der Waals surface area (Å²) in [6.45, 7) is 2.15. The third-order valence-electron chi connectivity index (χ3n) is 1.27. The minimum absolute atomic E-state index is 0.832. The highest BCUT2D eigenvalue weighted by Crippen LogP contribution is 2.21. The Labute approximate surface area is 62.3 Å². The van der Waals surface area contributed by atoms with Crippen LogP contribution in [0.15, 0.2) is 0 Å². The van der Waals surface area contributed by atoms with Crippen LogP contribution in [0.3, 0.4) is 0 Å². The van der Waals surface area contributed by atoms with Crippen molar-refractivity contribution in [1.29, 1.82) is 0 Å². The molecule has 0 aromatic rings. The van der Waals surface area contributed by atoms with Crippen LogP contribution in [0, 0.1) is 0 Å². The van der Waals surface area contributed by atoms with E-state index in [-0.39, 0.29) is 0 Å². The van der Waals surface area contributed by atoms with E-state index in [1.807, 2.05) is 0 Å². The number of ether oxygens (including phenoxy) is 2. The number of hydrogen-bond acceptors (Lipinski definition) is 4. The van der Waals surface area contributed by atoms with Crippen molar-refractivity contribution in [2.24, 2.45) is 0 Å². The van der Waals surface area contributed by atoms with Crippen molar-refractivity contribution in [3.63, 3.8) is 0 Å². The zero-order valence-corrected chi connectivity index (χ0v) is 6.09. The minimum atomic E-state index is -2.62. The predicted molar refractivity (Wildman–Crippen MR) is 31.2 cm³/mol. The molecule has 0 amide bonds. The van der Waals surface area contributed by atoms with Crippen molar-refractivity contribution in [3.8, 4) is 0 Å². The molecule has 4 nitrogen and oxygen atoms in total. The van der Waals surface area contributed by atoms with Crippen LogP contribution in [-0.4, -0.2) is 23.9 Å². The topological polar surface area (TPSA) is 52.6 Å². The molecule has 62 valence electrons. The van der Waals surface area contributed by atoms with Gasteiger partial charge in [-0.15, -0.1) is 0 Å². The quantitative estimate of drug-likeness (QED) is 0.476. The van der Waals surface area contributed by atoms with Crippen LogP contribution < -0.4 is 0 Å². The molecule has 1 fully saturated rings. The molecule has 0 bridgehead atoms. The van der Waals surface area contributed by atoms with Gasteiger partial charge in [-0.05, 0) is 6.92 Å². The summed E-state index contributed by atoms with van der Waals surface area (Å²) in [5, 5.41) is 0. The standard InChI is InChI=1S/C6H7FO4/c1-3-4(8)11-6(2,7)5(9)10-3/h3H,1-2H3. The van der Waals surface area contributed by atoms with Gasteiger partial charge in [0.05, 0.1) is 0 Å². The first kappa shape index (κ1) is 7.97. The van der Waals surface area contributed by atoms with Crippen LogP contribution in [0.2, 0.25) is 0 Å². The molecule has 1 rings (SSSR count). The van der Waals surface area contributed by atoms with Gasteiger partial charge < -0.3 is 9.47 Å². The molecule has 0 N–H and O–H groups in total. The second-order valence-electron chi connectivity index (χ2n) is 2.39. The van der Waals surface area contributed by atoms with Gasteiger partial charge in [0.25, 0.3) is 0 Å². The Kier molecular flexibility index (Phi) is 1.58. The maximum absolute atomic E-state index is 12.8. The van der Waals surface area contributed by atoms with Gasteiger partial charge in [-0.25, -0.2) is 9.59 Å². The van der Waals surface area contributed by atoms with E-state index in [0.29, 0.717) is 0 Å². The molecule has 1 heterocycles.